The highest BCUT2D eigenvalue weighted by Crippen LogP contribution is 2.35. The summed E-state index contributed by atoms with van der Waals surface area (Å²) in [5, 5.41) is 3.41. The SMILES string of the molecule is Cc1cc(C)n(CC(=O)NNS(=O)(=O)c2ccc(Cl)c(C(F)(F)F)c2)n1. The van der Waals surface area contributed by atoms with Gasteiger partial charge in [0.05, 0.1) is 21.2 Å². The number of amides is 1. The van der Waals surface area contributed by atoms with E-state index in [9.17, 15) is 26.4 Å². The zero-order chi connectivity index (χ0) is 19.7. The normalized spacial score (nSPS) is 12.2. The number of nitrogens with one attached hydrogen (secondary N) is 2. The highest BCUT2D eigenvalue weighted by atomic mass is 35.5. The van der Waals surface area contributed by atoms with Crippen LogP contribution in [0.2, 0.25) is 5.02 Å². The van der Waals surface area contributed by atoms with Crippen molar-refractivity contribution in [2.75, 3.05) is 0 Å². The summed E-state index contributed by atoms with van der Waals surface area (Å²) in [4.78, 5) is 12.9. The van der Waals surface area contributed by atoms with Crippen LogP contribution in [0.1, 0.15) is 17.0 Å². The zero-order valence-electron chi connectivity index (χ0n) is 13.6. The second kappa shape index (κ2) is 7.25. The van der Waals surface area contributed by atoms with Crippen LogP contribution in [0.3, 0.4) is 0 Å². The Morgan fingerprint density at radius 1 is 1.27 bits per heavy atom. The van der Waals surface area contributed by atoms with Crippen LogP contribution in [0.5, 0.6) is 0 Å². The lowest BCUT2D eigenvalue weighted by Gasteiger charge is -2.12. The summed E-state index contributed by atoms with van der Waals surface area (Å²) in [6, 6.07) is 3.82. The van der Waals surface area contributed by atoms with E-state index < -0.39 is 37.6 Å². The Morgan fingerprint density at radius 3 is 2.46 bits per heavy atom. The van der Waals surface area contributed by atoms with E-state index >= 15 is 0 Å². The average molecular weight is 411 g/mol. The molecule has 1 aromatic carbocycles. The number of hydrazine groups is 1. The van der Waals surface area contributed by atoms with Crippen LogP contribution in [0, 0.1) is 13.8 Å². The van der Waals surface area contributed by atoms with Crippen molar-refractivity contribution in [3.63, 3.8) is 0 Å². The van der Waals surface area contributed by atoms with Crippen LogP contribution < -0.4 is 10.3 Å². The lowest BCUT2D eigenvalue weighted by molar-refractivity contribution is -0.137. The largest absolute Gasteiger partial charge is 0.417 e. The Bertz CT molecular complexity index is 941. The molecular weight excluding hydrogens is 397 g/mol. The van der Waals surface area contributed by atoms with Crippen molar-refractivity contribution in [2.45, 2.75) is 31.5 Å². The van der Waals surface area contributed by atoms with Gasteiger partial charge in [-0.25, -0.2) is 8.42 Å². The van der Waals surface area contributed by atoms with E-state index in [0.717, 1.165) is 12.1 Å². The molecular formula is C14H14ClF3N4O3S. The number of sulfonamides is 1. The van der Waals surface area contributed by atoms with Gasteiger partial charge in [0.15, 0.2) is 0 Å². The highest BCUT2D eigenvalue weighted by molar-refractivity contribution is 7.89. The molecule has 0 atom stereocenters. The smallest absolute Gasteiger partial charge is 0.276 e. The lowest BCUT2D eigenvalue weighted by atomic mass is 10.2. The highest BCUT2D eigenvalue weighted by Gasteiger charge is 2.34. The molecule has 0 fully saturated rings. The maximum Gasteiger partial charge on any atom is 0.417 e. The maximum absolute atomic E-state index is 12.8. The molecule has 7 nitrogen and oxygen atoms in total. The monoisotopic (exact) mass is 410 g/mol. The number of nitrogens with zero attached hydrogens (tertiary/aromatic N) is 2. The fourth-order valence-corrected chi connectivity index (χ4v) is 3.19. The van der Waals surface area contributed by atoms with Crippen molar-refractivity contribution < 1.29 is 26.4 Å². The topological polar surface area (TPSA) is 93.1 Å². The average Bonchev–Trinajstić information content (AvgIpc) is 2.82. The third-order valence-electron chi connectivity index (χ3n) is 3.28. The fraction of sp³-hybridized carbons (Fsp3) is 0.286. The molecule has 0 aliphatic carbocycles. The molecule has 1 heterocycles. The van der Waals surface area contributed by atoms with Gasteiger partial charge in [-0.1, -0.05) is 11.6 Å². The zero-order valence-corrected chi connectivity index (χ0v) is 15.1. The summed E-state index contributed by atoms with van der Waals surface area (Å²) in [5.41, 5.74) is 2.00. The molecule has 0 spiro atoms. The molecule has 2 aromatic rings. The number of hydrogen-bond acceptors (Lipinski definition) is 4. The molecule has 0 aliphatic rings. The molecule has 12 heteroatoms. The predicted molar refractivity (Wildman–Crippen MR) is 86.6 cm³/mol. The van der Waals surface area contributed by atoms with Crippen LogP contribution in [0.15, 0.2) is 29.2 Å². The van der Waals surface area contributed by atoms with Gasteiger partial charge < -0.3 is 0 Å². The number of halogens is 4. The first-order chi connectivity index (χ1) is 11.9. The Balaban J connectivity index is 2.11. The molecule has 2 N–H and O–H groups in total. The number of aryl methyl sites for hydroxylation is 2. The summed E-state index contributed by atoms with van der Waals surface area (Å²) < 4.78 is 64.0. The predicted octanol–water partition coefficient (Wildman–Crippen LogP) is 2.18. The van der Waals surface area contributed by atoms with Crippen molar-refractivity contribution in [1.82, 2.24) is 20.0 Å². The lowest BCUT2D eigenvalue weighted by Crippen LogP contribution is -2.43. The molecule has 0 aliphatic heterocycles. The minimum Gasteiger partial charge on any atom is -0.276 e. The molecule has 1 amide bonds. The second-order valence-electron chi connectivity index (χ2n) is 5.38. The van der Waals surface area contributed by atoms with Crippen molar-refractivity contribution in [2.24, 2.45) is 0 Å². The number of rotatable bonds is 5. The summed E-state index contributed by atoms with van der Waals surface area (Å²) in [5.74, 6) is -0.746. The fourth-order valence-electron chi connectivity index (χ4n) is 2.08. The van der Waals surface area contributed by atoms with E-state index in [2.05, 4.69) is 5.10 Å². The molecule has 2 rings (SSSR count). The molecule has 0 unspecified atom stereocenters. The number of alkyl halides is 3. The van der Waals surface area contributed by atoms with E-state index in [4.69, 9.17) is 11.6 Å². The van der Waals surface area contributed by atoms with Gasteiger partial charge in [0.2, 0.25) is 0 Å². The van der Waals surface area contributed by atoms with Crippen molar-refractivity contribution in [3.8, 4) is 0 Å². The van der Waals surface area contributed by atoms with Crippen LogP contribution in [0.4, 0.5) is 13.2 Å². The van der Waals surface area contributed by atoms with Gasteiger partial charge in [-0.2, -0.15) is 18.3 Å². The molecule has 0 saturated heterocycles. The summed E-state index contributed by atoms with van der Waals surface area (Å²) >= 11 is 5.45. The summed E-state index contributed by atoms with van der Waals surface area (Å²) in [6.45, 7) is 3.17. The van der Waals surface area contributed by atoms with Crippen LogP contribution in [-0.4, -0.2) is 24.1 Å². The first kappa shape index (κ1) is 20.2. The van der Waals surface area contributed by atoms with Crippen LogP contribution in [0.25, 0.3) is 0 Å². The third kappa shape index (κ3) is 4.74. The summed E-state index contributed by atoms with van der Waals surface area (Å²) in [6.07, 6.45) is -4.82. The Morgan fingerprint density at radius 2 is 1.92 bits per heavy atom. The maximum atomic E-state index is 12.8. The Kier molecular flexibility index (Phi) is 5.64. The number of aromatic nitrogens is 2. The van der Waals surface area contributed by atoms with Gasteiger partial charge in [-0.05, 0) is 38.1 Å². The van der Waals surface area contributed by atoms with E-state index in [-0.39, 0.29) is 6.54 Å². The molecule has 0 radical (unpaired) electrons. The van der Waals surface area contributed by atoms with Crippen LogP contribution >= 0.6 is 11.6 Å². The van der Waals surface area contributed by atoms with Gasteiger partial charge in [0, 0.05) is 5.69 Å². The molecule has 0 saturated carbocycles. The third-order valence-corrected chi connectivity index (χ3v) is 4.85. The molecule has 142 valence electrons. The van der Waals surface area contributed by atoms with Crippen molar-refractivity contribution >= 4 is 27.5 Å². The van der Waals surface area contributed by atoms with Crippen molar-refractivity contribution in [3.05, 3.63) is 46.2 Å². The first-order valence-electron chi connectivity index (χ1n) is 7.08. The number of carbonyl (C=O) groups excluding carboxylic acids is 1. The quantitative estimate of drug-likeness (QED) is 0.739. The van der Waals surface area contributed by atoms with Gasteiger partial charge in [0.1, 0.15) is 6.54 Å². The van der Waals surface area contributed by atoms with Crippen molar-refractivity contribution in [1.29, 1.82) is 0 Å². The van der Waals surface area contributed by atoms with Gasteiger partial charge >= 0.3 is 6.18 Å². The summed E-state index contributed by atoms with van der Waals surface area (Å²) in [7, 11) is -4.42. The molecule has 26 heavy (non-hydrogen) atoms. The Hall–Kier alpha value is -2.11. The van der Waals surface area contributed by atoms with Gasteiger partial charge in [-0.3, -0.25) is 14.9 Å². The van der Waals surface area contributed by atoms with Gasteiger partial charge in [0.25, 0.3) is 15.9 Å². The molecule has 0 bridgehead atoms. The standard InChI is InChI=1S/C14H14ClF3N4O3S/c1-8-5-9(2)22(20-8)7-13(23)19-21-26(24,25)10-3-4-12(15)11(6-10)14(16,17)18/h3-6,21H,7H2,1-2H3,(H,19,23). The van der Waals surface area contributed by atoms with E-state index in [1.165, 1.54) is 4.68 Å². The van der Waals surface area contributed by atoms with Gasteiger partial charge in [-0.15, -0.1) is 4.83 Å². The first-order valence-corrected chi connectivity index (χ1v) is 8.95. The molecule has 1 aromatic heterocycles. The minimum atomic E-state index is -4.82. The number of benzene rings is 1. The van der Waals surface area contributed by atoms with Crippen LogP contribution in [-0.2, 0) is 27.5 Å². The van der Waals surface area contributed by atoms with E-state index in [0.29, 0.717) is 17.5 Å². The number of hydrogen-bond donors (Lipinski definition) is 2. The minimum absolute atomic E-state index is 0.267. The van der Waals surface area contributed by atoms with E-state index in [1.54, 1.807) is 24.7 Å². The second-order valence-corrected chi connectivity index (χ2v) is 7.47. The number of carbonyl (C=O) groups is 1. The van der Waals surface area contributed by atoms with E-state index in [1.807, 2.05) is 5.43 Å². The Labute approximate surface area is 152 Å².